The molecule has 0 radical (unpaired) electrons. The maximum atomic E-state index is 11.1. The summed E-state index contributed by atoms with van der Waals surface area (Å²) < 4.78 is 0. The maximum Gasteiger partial charge on any atom is 0.312 e. The Kier molecular flexibility index (Phi) is 2.88. The average Bonchev–Trinajstić information content (AvgIpc) is 2.30. The lowest BCUT2D eigenvalue weighted by Crippen LogP contribution is -2.21. The van der Waals surface area contributed by atoms with Crippen molar-refractivity contribution in [2.45, 2.75) is 5.92 Å². The number of aliphatic carboxylic acids is 1. The Labute approximate surface area is 93.5 Å². The Morgan fingerprint density at radius 3 is 2.56 bits per heavy atom. The monoisotopic (exact) mass is 215 g/mol. The SMILES string of the molecule is NC[C@H](C(=O)O)c1cccc2ccccc12. The molecule has 0 saturated heterocycles. The van der Waals surface area contributed by atoms with Crippen molar-refractivity contribution in [3.8, 4) is 0 Å². The maximum absolute atomic E-state index is 11.1. The molecule has 2 aromatic carbocycles. The topological polar surface area (TPSA) is 63.3 Å². The second-order valence-electron chi connectivity index (χ2n) is 3.69. The van der Waals surface area contributed by atoms with Gasteiger partial charge in [-0.25, -0.2) is 0 Å². The Morgan fingerprint density at radius 1 is 1.19 bits per heavy atom. The largest absolute Gasteiger partial charge is 0.481 e. The summed E-state index contributed by atoms with van der Waals surface area (Å²) >= 11 is 0. The number of nitrogens with two attached hydrogens (primary N) is 1. The van der Waals surface area contributed by atoms with Crippen LogP contribution in [0.5, 0.6) is 0 Å². The third-order valence-electron chi connectivity index (χ3n) is 2.73. The van der Waals surface area contributed by atoms with Crippen molar-refractivity contribution in [2.24, 2.45) is 5.73 Å². The van der Waals surface area contributed by atoms with Gasteiger partial charge in [-0.1, -0.05) is 42.5 Å². The number of benzene rings is 2. The van der Waals surface area contributed by atoms with Crippen LogP contribution < -0.4 is 5.73 Å². The van der Waals surface area contributed by atoms with Crippen LogP contribution >= 0.6 is 0 Å². The van der Waals surface area contributed by atoms with E-state index in [1.54, 1.807) is 0 Å². The van der Waals surface area contributed by atoms with Crippen LogP contribution in [0.25, 0.3) is 10.8 Å². The van der Waals surface area contributed by atoms with Crippen LogP contribution in [0.15, 0.2) is 42.5 Å². The number of carboxylic acids is 1. The van der Waals surface area contributed by atoms with Crippen LogP contribution in [0, 0.1) is 0 Å². The molecule has 0 bridgehead atoms. The third kappa shape index (κ3) is 1.77. The van der Waals surface area contributed by atoms with Gasteiger partial charge in [-0.15, -0.1) is 0 Å². The summed E-state index contributed by atoms with van der Waals surface area (Å²) in [7, 11) is 0. The highest BCUT2D eigenvalue weighted by molar-refractivity contribution is 5.90. The molecule has 0 aliphatic rings. The summed E-state index contributed by atoms with van der Waals surface area (Å²) in [6.45, 7) is 0.114. The van der Waals surface area contributed by atoms with Crippen molar-refractivity contribution in [3.63, 3.8) is 0 Å². The summed E-state index contributed by atoms with van der Waals surface area (Å²) in [5.41, 5.74) is 6.30. The quantitative estimate of drug-likeness (QED) is 0.822. The van der Waals surface area contributed by atoms with Crippen molar-refractivity contribution in [1.29, 1.82) is 0 Å². The van der Waals surface area contributed by atoms with E-state index in [2.05, 4.69) is 0 Å². The molecule has 1 atom stereocenters. The summed E-state index contributed by atoms with van der Waals surface area (Å²) in [4.78, 5) is 11.1. The molecule has 82 valence electrons. The molecule has 0 amide bonds. The lowest BCUT2D eigenvalue weighted by Gasteiger charge is -2.12. The molecule has 0 unspecified atom stereocenters. The van der Waals surface area contributed by atoms with E-state index in [-0.39, 0.29) is 6.54 Å². The third-order valence-corrected chi connectivity index (χ3v) is 2.73. The first kappa shape index (κ1) is 10.6. The zero-order valence-corrected chi connectivity index (χ0v) is 8.76. The molecule has 0 spiro atoms. The molecule has 0 aromatic heterocycles. The van der Waals surface area contributed by atoms with E-state index in [1.165, 1.54) is 0 Å². The van der Waals surface area contributed by atoms with Gasteiger partial charge in [0.25, 0.3) is 0 Å². The predicted octanol–water partition coefficient (Wildman–Crippen LogP) is 1.97. The van der Waals surface area contributed by atoms with Crippen LogP contribution in [0.3, 0.4) is 0 Å². The zero-order valence-electron chi connectivity index (χ0n) is 8.76. The Balaban J connectivity index is 2.63. The molecule has 0 aliphatic heterocycles. The van der Waals surface area contributed by atoms with E-state index >= 15 is 0 Å². The number of carboxylic acid groups (broad SMARTS) is 1. The molecular weight excluding hydrogens is 202 g/mol. The number of hydrogen-bond donors (Lipinski definition) is 2. The second-order valence-corrected chi connectivity index (χ2v) is 3.69. The normalized spacial score (nSPS) is 12.6. The average molecular weight is 215 g/mol. The van der Waals surface area contributed by atoms with Crippen LogP contribution in [-0.4, -0.2) is 17.6 Å². The number of hydrogen-bond acceptors (Lipinski definition) is 2. The smallest absolute Gasteiger partial charge is 0.312 e. The lowest BCUT2D eigenvalue weighted by molar-refractivity contribution is -0.138. The van der Waals surface area contributed by atoms with E-state index < -0.39 is 11.9 Å². The zero-order chi connectivity index (χ0) is 11.5. The van der Waals surface area contributed by atoms with Gasteiger partial charge in [0.2, 0.25) is 0 Å². The molecular formula is C13H13NO2. The Morgan fingerprint density at radius 2 is 1.88 bits per heavy atom. The molecule has 3 nitrogen and oxygen atoms in total. The standard InChI is InChI=1S/C13H13NO2/c14-8-12(13(15)16)11-7-3-5-9-4-1-2-6-10(9)11/h1-7,12H,8,14H2,(H,15,16)/t12-/m0/s1. The van der Waals surface area contributed by atoms with Crippen LogP contribution in [0.2, 0.25) is 0 Å². The van der Waals surface area contributed by atoms with Gasteiger partial charge < -0.3 is 10.8 Å². The van der Waals surface area contributed by atoms with E-state index in [4.69, 9.17) is 10.8 Å². The van der Waals surface area contributed by atoms with Crippen molar-refractivity contribution in [1.82, 2.24) is 0 Å². The van der Waals surface area contributed by atoms with Crippen LogP contribution in [-0.2, 0) is 4.79 Å². The highest BCUT2D eigenvalue weighted by Crippen LogP contribution is 2.25. The van der Waals surface area contributed by atoms with Gasteiger partial charge in [0.1, 0.15) is 0 Å². The molecule has 0 saturated carbocycles. The molecule has 2 aromatic rings. The molecule has 2 rings (SSSR count). The minimum atomic E-state index is -0.876. The summed E-state index contributed by atoms with van der Waals surface area (Å²) in [6.07, 6.45) is 0. The molecule has 16 heavy (non-hydrogen) atoms. The van der Waals surface area contributed by atoms with Gasteiger partial charge in [0.15, 0.2) is 0 Å². The summed E-state index contributed by atoms with van der Waals surface area (Å²) in [5, 5.41) is 11.1. The summed E-state index contributed by atoms with van der Waals surface area (Å²) in [6, 6.07) is 13.4. The first-order valence-corrected chi connectivity index (χ1v) is 5.14. The van der Waals surface area contributed by atoms with Crippen LogP contribution in [0.4, 0.5) is 0 Å². The van der Waals surface area contributed by atoms with E-state index in [9.17, 15) is 4.79 Å². The molecule has 0 heterocycles. The Bertz CT molecular complexity index is 517. The highest BCUT2D eigenvalue weighted by atomic mass is 16.4. The fourth-order valence-electron chi connectivity index (χ4n) is 1.92. The van der Waals surface area contributed by atoms with Crippen LogP contribution in [0.1, 0.15) is 11.5 Å². The van der Waals surface area contributed by atoms with E-state index in [0.717, 1.165) is 16.3 Å². The second kappa shape index (κ2) is 4.33. The minimum absolute atomic E-state index is 0.114. The molecule has 3 N–H and O–H groups in total. The summed E-state index contributed by atoms with van der Waals surface area (Å²) in [5.74, 6) is -1.51. The van der Waals surface area contributed by atoms with Gasteiger partial charge in [0.05, 0.1) is 5.92 Å². The van der Waals surface area contributed by atoms with E-state index in [1.807, 2.05) is 42.5 Å². The molecule has 0 fully saturated rings. The lowest BCUT2D eigenvalue weighted by atomic mass is 9.93. The molecule has 3 heteroatoms. The van der Waals surface area contributed by atoms with E-state index in [0.29, 0.717) is 0 Å². The van der Waals surface area contributed by atoms with Gasteiger partial charge in [-0.2, -0.15) is 0 Å². The van der Waals surface area contributed by atoms with Gasteiger partial charge in [-0.05, 0) is 16.3 Å². The number of rotatable bonds is 3. The van der Waals surface area contributed by atoms with Gasteiger partial charge in [-0.3, -0.25) is 4.79 Å². The van der Waals surface area contributed by atoms with Crippen molar-refractivity contribution >= 4 is 16.7 Å². The fourth-order valence-corrected chi connectivity index (χ4v) is 1.92. The highest BCUT2D eigenvalue weighted by Gasteiger charge is 2.19. The van der Waals surface area contributed by atoms with Gasteiger partial charge in [0, 0.05) is 6.54 Å². The number of fused-ring (bicyclic) bond motifs is 1. The Hall–Kier alpha value is -1.87. The molecule has 0 aliphatic carbocycles. The fraction of sp³-hybridized carbons (Fsp3) is 0.154. The van der Waals surface area contributed by atoms with Crippen molar-refractivity contribution < 1.29 is 9.90 Å². The first-order chi connectivity index (χ1) is 7.74. The van der Waals surface area contributed by atoms with Crippen molar-refractivity contribution in [2.75, 3.05) is 6.54 Å². The van der Waals surface area contributed by atoms with Crippen molar-refractivity contribution in [3.05, 3.63) is 48.0 Å². The predicted molar refractivity (Wildman–Crippen MR) is 63.4 cm³/mol. The minimum Gasteiger partial charge on any atom is -0.481 e. The first-order valence-electron chi connectivity index (χ1n) is 5.14. The number of carbonyl (C=O) groups is 1. The van der Waals surface area contributed by atoms with Gasteiger partial charge >= 0.3 is 5.97 Å².